The van der Waals surface area contributed by atoms with Crippen LogP contribution in [0, 0.1) is 0 Å². The minimum absolute atomic E-state index is 0.102. The molecule has 0 spiro atoms. The maximum absolute atomic E-state index is 12.8. The van der Waals surface area contributed by atoms with E-state index in [0.717, 1.165) is 11.3 Å². The average molecular weight is 281 g/mol. The Morgan fingerprint density at radius 3 is 2.24 bits per heavy atom. The molecule has 1 saturated heterocycles. The molecule has 0 aromatic heterocycles. The lowest BCUT2D eigenvalue weighted by Gasteiger charge is -2.25. The fourth-order valence-electron chi connectivity index (χ4n) is 2.72. The molecule has 0 aliphatic carbocycles. The molecule has 0 bridgehead atoms. The van der Waals surface area contributed by atoms with Gasteiger partial charge in [0, 0.05) is 12.0 Å². The van der Waals surface area contributed by atoms with Crippen LogP contribution in [0.1, 0.15) is 30.6 Å². The molecule has 1 atom stereocenters. The van der Waals surface area contributed by atoms with Crippen molar-refractivity contribution in [3.8, 4) is 0 Å². The largest absolute Gasteiger partial charge is 0.292 e. The monoisotopic (exact) mass is 281 g/mol. The van der Waals surface area contributed by atoms with Gasteiger partial charge in [-0.3, -0.25) is 9.63 Å². The molecule has 1 aliphatic rings. The number of para-hydroxylation sites is 1. The fraction of sp³-hybridized carbons (Fsp3) is 0.278. The SMILES string of the molecule is CC1(C)CC(C(=O)c2ccccc2)N(c2ccccc2)O1. The highest BCUT2D eigenvalue weighted by atomic mass is 16.7. The van der Waals surface area contributed by atoms with E-state index in [4.69, 9.17) is 4.84 Å². The number of carbonyl (C=O) groups is 1. The highest BCUT2D eigenvalue weighted by Gasteiger charge is 2.43. The van der Waals surface area contributed by atoms with Gasteiger partial charge in [-0.2, -0.15) is 0 Å². The molecule has 0 N–H and O–H groups in total. The zero-order valence-corrected chi connectivity index (χ0v) is 12.3. The van der Waals surface area contributed by atoms with Gasteiger partial charge in [0.05, 0.1) is 11.3 Å². The lowest BCUT2D eigenvalue weighted by Crippen LogP contribution is -2.35. The van der Waals surface area contributed by atoms with E-state index >= 15 is 0 Å². The first-order valence-corrected chi connectivity index (χ1v) is 7.19. The first-order chi connectivity index (χ1) is 10.1. The Labute approximate surface area is 125 Å². The number of benzene rings is 2. The lowest BCUT2D eigenvalue weighted by molar-refractivity contribution is 0.0163. The minimum atomic E-state index is -0.342. The van der Waals surface area contributed by atoms with Gasteiger partial charge in [0.2, 0.25) is 0 Å². The van der Waals surface area contributed by atoms with Crippen LogP contribution in [0.25, 0.3) is 0 Å². The van der Waals surface area contributed by atoms with Crippen LogP contribution >= 0.6 is 0 Å². The summed E-state index contributed by atoms with van der Waals surface area (Å²) in [6.07, 6.45) is 0.676. The van der Waals surface area contributed by atoms with E-state index in [9.17, 15) is 4.79 Å². The molecule has 3 heteroatoms. The zero-order chi connectivity index (χ0) is 14.9. The number of hydrogen-bond acceptors (Lipinski definition) is 3. The molecule has 1 fully saturated rings. The van der Waals surface area contributed by atoms with Crippen LogP contribution < -0.4 is 5.06 Å². The first kappa shape index (κ1) is 13.8. The standard InChI is InChI=1S/C18H19NO2/c1-18(2)13-16(17(20)14-9-5-3-6-10-14)19(21-18)15-11-7-4-8-12-15/h3-12,16H,13H2,1-2H3. The van der Waals surface area contributed by atoms with Crippen molar-refractivity contribution in [2.24, 2.45) is 0 Å². The smallest absolute Gasteiger partial charge is 0.187 e. The van der Waals surface area contributed by atoms with Gasteiger partial charge in [-0.1, -0.05) is 48.5 Å². The Balaban J connectivity index is 1.93. The normalized spacial score (nSPS) is 20.5. The van der Waals surface area contributed by atoms with Crippen LogP contribution in [0.2, 0.25) is 0 Å². The molecule has 21 heavy (non-hydrogen) atoms. The van der Waals surface area contributed by atoms with Gasteiger partial charge in [0.25, 0.3) is 0 Å². The van der Waals surface area contributed by atoms with Crippen molar-refractivity contribution in [2.75, 3.05) is 5.06 Å². The molecule has 0 radical (unpaired) electrons. The Morgan fingerprint density at radius 2 is 1.62 bits per heavy atom. The summed E-state index contributed by atoms with van der Waals surface area (Å²) in [6.45, 7) is 4.03. The number of anilines is 1. The Bertz CT molecular complexity index is 622. The second-order valence-electron chi connectivity index (χ2n) is 5.96. The predicted molar refractivity (Wildman–Crippen MR) is 83.3 cm³/mol. The van der Waals surface area contributed by atoms with Crippen LogP contribution in [0.15, 0.2) is 60.7 Å². The fourth-order valence-corrected chi connectivity index (χ4v) is 2.72. The van der Waals surface area contributed by atoms with Crippen molar-refractivity contribution in [1.82, 2.24) is 0 Å². The maximum Gasteiger partial charge on any atom is 0.187 e. The summed E-state index contributed by atoms with van der Waals surface area (Å²) in [7, 11) is 0. The summed E-state index contributed by atoms with van der Waals surface area (Å²) >= 11 is 0. The number of hydroxylamine groups is 1. The second-order valence-corrected chi connectivity index (χ2v) is 5.96. The molecule has 2 aromatic carbocycles. The molecule has 1 aliphatic heterocycles. The topological polar surface area (TPSA) is 29.5 Å². The van der Waals surface area contributed by atoms with E-state index in [2.05, 4.69) is 0 Å². The number of Topliss-reactive ketones (excluding diaryl/α,β-unsaturated/α-hetero) is 1. The van der Waals surface area contributed by atoms with Gasteiger partial charge in [-0.05, 0) is 26.0 Å². The molecule has 3 nitrogen and oxygen atoms in total. The lowest BCUT2D eigenvalue weighted by atomic mass is 9.94. The summed E-state index contributed by atoms with van der Waals surface area (Å²) in [6, 6.07) is 18.9. The molecule has 1 unspecified atom stereocenters. The maximum atomic E-state index is 12.8. The van der Waals surface area contributed by atoms with Crippen molar-refractivity contribution >= 4 is 11.5 Å². The number of hydrogen-bond donors (Lipinski definition) is 0. The predicted octanol–water partition coefficient (Wildman–Crippen LogP) is 3.86. The number of rotatable bonds is 3. The van der Waals surface area contributed by atoms with Crippen LogP contribution in [0.5, 0.6) is 0 Å². The summed E-state index contributed by atoms with van der Waals surface area (Å²) < 4.78 is 0. The summed E-state index contributed by atoms with van der Waals surface area (Å²) in [5.41, 5.74) is 1.30. The first-order valence-electron chi connectivity index (χ1n) is 7.19. The van der Waals surface area contributed by atoms with Crippen molar-refractivity contribution in [2.45, 2.75) is 31.9 Å². The van der Waals surface area contributed by atoms with Gasteiger partial charge in [-0.15, -0.1) is 0 Å². The van der Waals surface area contributed by atoms with Crippen molar-refractivity contribution < 1.29 is 9.63 Å². The highest BCUT2D eigenvalue weighted by molar-refractivity contribution is 6.02. The molecule has 1 heterocycles. The third-order valence-electron chi connectivity index (χ3n) is 3.69. The van der Waals surface area contributed by atoms with Gasteiger partial charge < -0.3 is 0 Å². The highest BCUT2D eigenvalue weighted by Crippen LogP contribution is 2.35. The van der Waals surface area contributed by atoms with E-state index in [1.165, 1.54) is 0 Å². The van der Waals surface area contributed by atoms with Crippen LogP contribution in [0.4, 0.5) is 5.69 Å². The third kappa shape index (κ3) is 2.83. The Kier molecular flexibility index (Phi) is 3.52. The van der Waals surface area contributed by atoms with Crippen molar-refractivity contribution in [1.29, 1.82) is 0 Å². The van der Waals surface area contributed by atoms with Gasteiger partial charge >= 0.3 is 0 Å². The summed E-state index contributed by atoms with van der Waals surface area (Å²) in [5, 5.41) is 1.76. The van der Waals surface area contributed by atoms with E-state index < -0.39 is 0 Å². The molecule has 0 amide bonds. The Morgan fingerprint density at radius 1 is 1.05 bits per heavy atom. The van der Waals surface area contributed by atoms with E-state index in [0.29, 0.717) is 6.42 Å². The van der Waals surface area contributed by atoms with E-state index in [1.807, 2.05) is 74.5 Å². The zero-order valence-electron chi connectivity index (χ0n) is 12.3. The molecule has 108 valence electrons. The van der Waals surface area contributed by atoms with Gasteiger partial charge in [0.1, 0.15) is 6.04 Å². The number of nitrogens with zero attached hydrogens (tertiary/aromatic N) is 1. The second kappa shape index (κ2) is 5.34. The minimum Gasteiger partial charge on any atom is -0.292 e. The van der Waals surface area contributed by atoms with Crippen molar-refractivity contribution in [3.05, 3.63) is 66.2 Å². The molecule has 3 rings (SSSR count). The summed E-state index contributed by atoms with van der Waals surface area (Å²) in [4.78, 5) is 18.8. The van der Waals surface area contributed by atoms with Crippen molar-refractivity contribution in [3.63, 3.8) is 0 Å². The van der Waals surface area contributed by atoms with E-state index in [-0.39, 0.29) is 17.4 Å². The van der Waals surface area contributed by atoms with Crippen LogP contribution in [-0.2, 0) is 4.84 Å². The van der Waals surface area contributed by atoms with Gasteiger partial charge in [-0.25, -0.2) is 5.06 Å². The third-order valence-corrected chi connectivity index (χ3v) is 3.69. The molecular weight excluding hydrogens is 262 g/mol. The molecule has 2 aromatic rings. The average Bonchev–Trinajstić information content (AvgIpc) is 2.84. The van der Waals surface area contributed by atoms with Crippen LogP contribution in [-0.4, -0.2) is 17.4 Å². The number of ketones is 1. The molecule has 0 saturated carbocycles. The Hall–Kier alpha value is -2.13. The van der Waals surface area contributed by atoms with E-state index in [1.54, 1.807) is 5.06 Å². The summed E-state index contributed by atoms with van der Waals surface area (Å²) in [5.74, 6) is 0.102. The quantitative estimate of drug-likeness (QED) is 0.800. The molecular formula is C18H19NO2. The van der Waals surface area contributed by atoms with Crippen LogP contribution in [0.3, 0.4) is 0 Å². The van der Waals surface area contributed by atoms with Gasteiger partial charge in [0.15, 0.2) is 5.78 Å². The number of carbonyl (C=O) groups excluding carboxylic acids is 1.